The molecule has 0 radical (unpaired) electrons. The SMILES string of the molecule is Cc1ccc(-c2csc3[nH]c(=O)n(C(C)(C)C(=O)O)c(=O)c23)cc1. The van der Waals surface area contributed by atoms with Gasteiger partial charge >= 0.3 is 11.7 Å². The number of nitrogens with one attached hydrogen (secondary N) is 1. The summed E-state index contributed by atoms with van der Waals surface area (Å²) in [7, 11) is 0. The number of hydrogen-bond acceptors (Lipinski definition) is 4. The van der Waals surface area contributed by atoms with E-state index < -0.39 is 22.8 Å². The van der Waals surface area contributed by atoms with E-state index in [1.54, 1.807) is 5.38 Å². The normalized spacial score (nSPS) is 11.8. The predicted octanol–water partition coefficient (Wildman–Crippen LogP) is 2.55. The Morgan fingerprint density at radius 2 is 1.83 bits per heavy atom. The molecule has 124 valence electrons. The third-order valence-electron chi connectivity index (χ3n) is 4.08. The van der Waals surface area contributed by atoms with Crippen molar-refractivity contribution in [2.45, 2.75) is 26.3 Å². The fourth-order valence-corrected chi connectivity index (χ4v) is 3.52. The molecule has 0 aliphatic heterocycles. The van der Waals surface area contributed by atoms with Crippen LogP contribution in [0, 0.1) is 6.92 Å². The highest BCUT2D eigenvalue weighted by Crippen LogP contribution is 2.30. The average Bonchev–Trinajstić information content (AvgIpc) is 2.91. The summed E-state index contributed by atoms with van der Waals surface area (Å²) in [4.78, 5) is 39.7. The lowest BCUT2D eigenvalue weighted by Gasteiger charge is -2.21. The number of carboxylic acids is 1. The Labute approximate surface area is 141 Å². The van der Waals surface area contributed by atoms with Crippen molar-refractivity contribution >= 4 is 27.5 Å². The molecule has 0 fully saturated rings. The fraction of sp³-hybridized carbons (Fsp3) is 0.235. The number of carbonyl (C=O) groups is 1. The number of fused-ring (bicyclic) bond motifs is 1. The van der Waals surface area contributed by atoms with E-state index >= 15 is 0 Å². The topological polar surface area (TPSA) is 92.2 Å². The van der Waals surface area contributed by atoms with Gasteiger partial charge in [0, 0.05) is 10.9 Å². The van der Waals surface area contributed by atoms with Crippen LogP contribution >= 0.6 is 11.3 Å². The van der Waals surface area contributed by atoms with Crippen LogP contribution < -0.4 is 11.2 Å². The number of carboxylic acid groups (broad SMARTS) is 1. The van der Waals surface area contributed by atoms with Gasteiger partial charge in [-0.15, -0.1) is 11.3 Å². The molecular formula is C17H16N2O4S. The van der Waals surface area contributed by atoms with Gasteiger partial charge in [-0.2, -0.15) is 0 Å². The van der Waals surface area contributed by atoms with Crippen LogP contribution in [0.5, 0.6) is 0 Å². The average molecular weight is 344 g/mol. The second kappa shape index (κ2) is 5.45. The third kappa shape index (κ3) is 2.37. The second-order valence-corrected chi connectivity index (χ2v) is 7.03. The summed E-state index contributed by atoms with van der Waals surface area (Å²) in [5.41, 5.74) is -0.348. The van der Waals surface area contributed by atoms with E-state index in [0.717, 1.165) is 15.7 Å². The fourth-order valence-electron chi connectivity index (χ4n) is 2.57. The van der Waals surface area contributed by atoms with Gasteiger partial charge in [0.1, 0.15) is 10.4 Å². The van der Waals surface area contributed by atoms with Crippen LogP contribution in [0.4, 0.5) is 0 Å². The molecule has 0 aliphatic rings. The Kier molecular flexibility index (Phi) is 3.68. The maximum Gasteiger partial charge on any atom is 0.330 e. The van der Waals surface area contributed by atoms with Gasteiger partial charge < -0.3 is 5.11 Å². The summed E-state index contributed by atoms with van der Waals surface area (Å²) in [5, 5.41) is 11.5. The maximum absolute atomic E-state index is 12.9. The lowest BCUT2D eigenvalue weighted by atomic mass is 10.0. The number of nitrogens with zero attached hydrogens (tertiary/aromatic N) is 1. The van der Waals surface area contributed by atoms with Crippen molar-refractivity contribution in [1.82, 2.24) is 9.55 Å². The molecule has 0 bridgehead atoms. The van der Waals surface area contributed by atoms with Gasteiger partial charge in [-0.25, -0.2) is 14.2 Å². The number of hydrogen-bond donors (Lipinski definition) is 2. The monoisotopic (exact) mass is 344 g/mol. The van der Waals surface area contributed by atoms with Crippen LogP contribution in [0.15, 0.2) is 39.2 Å². The second-order valence-electron chi connectivity index (χ2n) is 6.15. The van der Waals surface area contributed by atoms with Crippen molar-refractivity contribution in [2.24, 2.45) is 0 Å². The summed E-state index contributed by atoms with van der Waals surface area (Å²) in [6.07, 6.45) is 0. The Balaban J connectivity index is 2.37. The van der Waals surface area contributed by atoms with Gasteiger partial charge in [0.05, 0.1) is 5.39 Å². The quantitative estimate of drug-likeness (QED) is 0.764. The number of thiophene rings is 1. The van der Waals surface area contributed by atoms with E-state index in [9.17, 15) is 19.5 Å². The molecule has 2 heterocycles. The predicted molar refractivity (Wildman–Crippen MR) is 93.8 cm³/mol. The minimum absolute atomic E-state index is 0.331. The van der Waals surface area contributed by atoms with Crippen molar-refractivity contribution in [3.8, 4) is 11.1 Å². The third-order valence-corrected chi connectivity index (χ3v) is 4.97. The molecule has 0 amide bonds. The maximum atomic E-state index is 12.9. The van der Waals surface area contributed by atoms with E-state index in [0.29, 0.717) is 15.8 Å². The summed E-state index contributed by atoms with van der Waals surface area (Å²) in [5.74, 6) is -1.25. The minimum atomic E-state index is -1.65. The molecule has 2 N–H and O–H groups in total. The highest BCUT2D eigenvalue weighted by atomic mass is 32.1. The molecular weight excluding hydrogens is 328 g/mol. The van der Waals surface area contributed by atoms with Crippen molar-refractivity contribution in [2.75, 3.05) is 0 Å². The number of H-pyrrole nitrogens is 1. The summed E-state index contributed by atoms with van der Waals surface area (Å²) in [6, 6.07) is 7.66. The van der Waals surface area contributed by atoms with E-state index in [-0.39, 0.29) is 0 Å². The first kappa shape index (κ1) is 16.2. The number of aromatic nitrogens is 2. The van der Waals surface area contributed by atoms with Crippen molar-refractivity contribution in [3.63, 3.8) is 0 Å². The molecule has 1 aromatic carbocycles. The first-order valence-corrected chi connectivity index (χ1v) is 8.19. The first-order chi connectivity index (χ1) is 11.2. The van der Waals surface area contributed by atoms with Crippen LogP contribution in [0.25, 0.3) is 21.3 Å². The molecule has 0 unspecified atom stereocenters. The van der Waals surface area contributed by atoms with E-state index in [1.807, 2.05) is 31.2 Å². The molecule has 0 saturated heterocycles. The number of rotatable bonds is 3. The Morgan fingerprint density at radius 1 is 1.21 bits per heavy atom. The molecule has 7 heteroatoms. The Hall–Kier alpha value is -2.67. The zero-order chi connectivity index (χ0) is 17.6. The molecule has 0 aliphatic carbocycles. The molecule has 0 saturated carbocycles. The summed E-state index contributed by atoms with van der Waals surface area (Å²) in [6.45, 7) is 4.63. The molecule has 3 aromatic rings. The summed E-state index contributed by atoms with van der Waals surface area (Å²) < 4.78 is 0.766. The zero-order valence-electron chi connectivity index (χ0n) is 13.4. The molecule has 24 heavy (non-hydrogen) atoms. The van der Waals surface area contributed by atoms with E-state index in [4.69, 9.17) is 0 Å². The number of aryl methyl sites for hydroxylation is 1. The number of benzene rings is 1. The van der Waals surface area contributed by atoms with Crippen LogP contribution in [0.3, 0.4) is 0 Å². The standard InChI is InChI=1S/C17H16N2O4S/c1-9-4-6-10(7-5-9)11-8-24-13-12(11)14(20)19(16(23)18-13)17(2,3)15(21)22/h4-8H,1-3H3,(H,18,23)(H,21,22). The minimum Gasteiger partial charge on any atom is -0.480 e. The zero-order valence-corrected chi connectivity index (χ0v) is 14.2. The lowest BCUT2D eigenvalue weighted by Crippen LogP contribution is -2.50. The van der Waals surface area contributed by atoms with E-state index in [1.165, 1.54) is 25.2 Å². The first-order valence-electron chi connectivity index (χ1n) is 7.31. The van der Waals surface area contributed by atoms with Crippen LogP contribution in [-0.4, -0.2) is 20.6 Å². The van der Waals surface area contributed by atoms with E-state index in [2.05, 4.69) is 4.98 Å². The van der Waals surface area contributed by atoms with Gasteiger partial charge in [0.2, 0.25) is 0 Å². The smallest absolute Gasteiger partial charge is 0.330 e. The van der Waals surface area contributed by atoms with Crippen LogP contribution in [-0.2, 0) is 10.3 Å². The highest BCUT2D eigenvalue weighted by molar-refractivity contribution is 7.17. The van der Waals surface area contributed by atoms with Crippen LogP contribution in [0.2, 0.25) is 0 Å². The molecule has 2 aromatic heterocycles. The molecule has 6 nitrogen and oxygen atoms in total. The van der Waals surface area contributed by atoms with Crippen molar-refractivity contribution < 1.29 is 9.90 Å². The molecule has 0 atom stereocenters. The Bertz CT molecular complexity index is 1050. The van der Waals surface area contributed by atoms with Crippen molar-refractivity contribution in [1.29, 1.82) is 0 Å². The highest BCUT2D eigenvalue weighted by Gasteiger charge is 2.33. The molecule has 3 rings (SSSR count). The lowest BCUT2D eigenvalue weighted by molar-refractivity contribution is -0.146. The van der Waals surface area contributed by atoms with Gasteiger partial charge in [0.15, 0.2) is 0 Å². The van der Waals surface area contributed by atoms with Gasteiger partial charge in [-0.3, -0.25) is 9.78 Å². The largest absolute Gasteiger partial charge is 0.480 e. The number of aliphatic carboxylic acids is 1. The van der Waals surface area contributed by atoms with Gasteiger partial charge in [0.25, 0.3) is 5.56 Å². The van der Waals surface area contributed by atoms with Crippen molar-refractivity contribution in [3.05, 3.63) is 56.0 Å². The van der Waals surface area contributed by atoms with Crippen LogP contribution in [0.1, 0.15) is 19.4 Å². The number of aromatic amines is 1. The molecule has 0 spiro atoms. The Morgan fingerprint density at radius 3 is 2.42 bits per heavy atom. The van der Waals surface area contributed by atoms with Gasteiger partial charge in [-0.1, -0.05) is 29.8 Å². The van der Waals surface area contributed by atoms with Gasteiger partial charge in [-0.05, 0) is 26.3 Å². The summed E-state index contributed by atoms with van der Waals surface area (Å²) >= 11 is 1.25.